The molecule has 0 heterocycles. The summed E-state index contributed by atoms with van der Waals surface area (Å²) in [5.74, 6) is 0.314. The Morgan fingerprint density at radius 2 is 1.82 bits per heavy atom. The van der Waals surface area contributed by atoms with Gasteiger partial charge in [0.1, 0.15) is 11.5 Å². The van der Waals surface area contributed by atoms with Gasteiger partial charge >= 0.3 is 0 Å². The molecule has 60 valence electrons. The van der Waals surface area contributed by atoms with Crippen molar-refractivity contribution in [2.75, 3.05) is 0 Å². The van der Waals surface area contributed by atoms with Gasteiger partial charge in [0.2, 0.25) is 0 Å². The summed E-state index contributed by atoms with van der Waals surface area (Å²) in [7, 11) is 0. The predicted molar refractivity (Wildman–Crippen MR) is 46.5 cm³/mol. The summed E-state index contributed by atoms with van der Waals surface area (Å²) in [6.45, 7) is 3.44. The minimum atomic E-state index is 0.112. The molecule has 0 atom stereocenters. The van der Waals surface area contributed by atoms with E-state index in [4.69, 9.17) is 0 Å². The number of phenolic OH excluding ortho intramolecular Hbond substituents is 2. The summed E-state index contributed by atoms with van der Waals surface area (Å²) in [5.41, 5.74) is 1.28. The van der Waals surface area contributed by atoms with Gasteiger partial charge in [-0.05, 0) is 25.5 Å². The first kappa shape index (κ1) is 8.27. The molecule has 11 heavy (non-hydrogen) atoms. The van der Waals surface area contributed by atoms with Crippen molar-refractivity contribution in [3.8, 4) is 11.5 Å². The molecule has 1 rings (SSSR count). The predicted octanol–water partition coefficient (Wildman–Crippen LogP) is 2.00. The molecule has 0 aliphatic rings. The Labute approximate surface area is 70.9 Å². The van der Waals surface area contributed by atoms with Gasteiger partial charge < -0.3 is 10.2 Å². The highest BCUT2D eigenvalue weighted by Crippen LogP contribution is 2.33. The van der Waals surface area contributed by atoms with Gasteiger partial charge in [-0.1, -0.05) is 0 Å². The van der Waals surface area contributed by atoms with Crippen LogP contribution >= 0.6 is 12.6 Å². The van der Waals surface area contributed by atoms with Crippen LogP contribution in [0.3, 0.4) is 0 Å². The molecule has 0 unspecified atom stereocenters. The van der Waals surface area contributed by atoms with Gasteiger partial charge in [-0.2, -0.15) is 0 Å². The van der Waals surface area contributed by atoms with Gasteiger partial charge in [0.15, 0.2) is 0 Å². The fourth-order valence-corrected chi connectivity index (χ4v) is 1.11. The van der Waals surface area contributed by atoms with E-state index in [1.54, 1.807) is 13.8 Å². The van der Waals surface area contributed by atoms with Crippen LogP contribution in [-0.4, -0.2) is 10.2 Å². The Balaban J connectivity index is 3.46. The summed E-state index contributed by atoms with van der Waals surface area (Å²) >= 11 is 4.02. The maximum atomic E-state index is 9.35. The van der Waals surface area contributed by atoms with Gasteiger partial charge in [0, 0.05) is 5.56 Å². The lowest BCUT2D eigenvalue weighted by Crippen LogP contribution is -1.83. The fraction of sp³-hybridized carbons (Fsp3) is 0.250. The van der Waals surface area contributed by atoms with E-state index in [0.29, 0.717) is 16.0 Å². The molecular weight excluding hydrogens is 160 g/mol. The fourth-order valence-electron chi connectivity index (χ4n) is 0.942. The molecule has 0 amide bonds. The van der Waals surface area contributed by atoms with Gasteiger partial charge in [-0.3, -0.25) is 0 Å². The minimum Gasteiger partial charge on any atom is -0.507 e. The van der Waals surface area contributed by atoms with E-state index in [-0.39, 0.29) is 11.5 Å². The SMILES string of the molecule is Cc1cc(O)c(S)c(C)c1O. The van der Waals surface area contributed by atoms with Crippen molar-refractivity contribution < 1.29 is 10.2 Å². The van der Waals surface area contributed by atoms with Crippen LogP contribution in [0.15, 0.2) is 11.0 Å². The van der Waals surface area contributed by atoms with Crippen molar-refractivity contribution in [3.63, 3.8) is 0 Å². The molecule has 1 aromatic carbocycles. The van der Waals surface area contributed by atoms with Crippen LogP contribution in [-0.2, 0) is 0 Å². The smallest absolute Gasteiger partial charge is 0.129 e. The van der Waals surface area contributed by atoms with Crippen molar-refractivity contribution in [2.24, 2.45) is 0 Å². The maximum absolute atomic E-state index is 9.35. The van der Waals surface area contributed by atoms with E-state index in [9.17, 15) is 10.2 Å². The zero-order valence-corrected chi connectivity index (χ0v) is 7.31. The van der Waals surface area contributed by atoms with E-state index >= 15 is 0 Å². The molecule has 2 nitrogen and oxygen atoms in total. The highest BCUT2D eigenvalue weighted by Gasteiger charge is 2.07. The molecule has 0 aliphatic heterocycles. The molecule has 3 heteroatoms. The second-order valence-electron chi connectivity index (χ2n) is 2.53. The average molecular weight is 170 g/mol. The van der Waals surface area contributed by atoms with Crippen molar-refractivity contribution in [3.05, 3.63) is 17.2 Å². The summed E-state index contributed by atoms with van der Waals surface area (Å²) in [4.78, 5) is 0.438. The lowest BCUT2D eigenvalue weighted by atomic mass is 10.1. The van der Waals surface area contributed by atoms with Crippen LogP contribution in [0, 0.1) is 13.8 Å². The molecule has 0 aliphatic carbocycles. The molecule has 0 bridgehead atoms. The third-order valence-corrected chi connectivity index (χ3v) is 2.24. The lowest BCUT2D eigenvalue weighted by molar-refractivity contribution is 0.442. The Morgan fingerprint density at radius 1 is 1.27 bits per heavy atom. The summed E-state index contributed by atoms with van der Waals surface area (Å²) < 4.78 is 0. The van der Waals surface area contributed by atoms with Crippen molar-refractivity contribution in [2.45, 2.75) is 18.7 Å². The topological polar surface area (TPSA) is 40.5 Å². The number of thiol groups is 1. The molecule has 0 fully saturated rings. The van der Waals surface area contributed by atoms with Crippen LogP contribution in [0.4, 0.5) is 0 Å². The van der Waals surface area contributed by atoms with E-state index in [0.717, 1.165) is 0 Å². The average Bonchev–Trinajstić information content (AvgIpc) is 1.97. The van der Waals surface area contributed by atoms with Crippen LogP contribution < -0.4 is 0 Å². The van der Waals surface area contributed by atoms with Crippen molar-refractivity contribution in [1.29, 1.82) is 0 Å². The Bertz CT molecular complexity index is 268. The van der Waals surface area contributed by atoms with Crippen molar-refractivity contribution >= 4 is 12.6 Å². The monoisotopic (exact) mass is 170 g/mol. The van der Waals surface area contributed by atoms with Gasteiger partial charge in [-0.25, -0.2) is 0 Å². The van der Waals surface area contributed by atoms with E-state index < -0.39 is 0 Å². The lowest BCUT2D eigenvalue weighted by Gasteiger charge is -2.07. The molecule has 0 aromatic heterocycles. The van der Waals surface area contributed by atoms with Crippen molar-refractivity contribution in [1.82, 2.24) is 0 Å². The number of aryl methyl sites for hydroxylation is 1. The number of benzene rings is 1. The largest absolute Gasteiger partial charge is 0.507 e. The number of hydrogen-bond acceptors (Lipinski definition) is 3. The Hall–Kier alpha value is -0.830. The summed E-state index contributed by atoms with van der Waals surface area (Å²) in [6, 6.07) is 1.49. The molecule has 0 radical (unpaired) electrons. The second kappa shape index (κ2) is 2.66. The highest BCUT2D eigenvalue weighted by molar-refractivity contribution is 7.80. The first-order chi connectivity index (χ1) is 5.04. The summed E-state index contributed by atoms with van der Waals surface area (Å²) in [6.07, 6.45) is 0. The van der Waals surface area contributed by atoms with Crippen LogP contribution in [0.5, 0.6) is 11.5 Å². The van der Waals surface area contributed by atoms with Crippen LogP contribution in [0.25, 0.3) is 0 Å². The number of rotatable bonds is 0. The van der Waals surface area contributed by atoms with Crippen LogP contribution in [0.1, 0.15) is 11.1 Å². The molecule has 0 saturated carbocycles. The minimum absolute atomic E-state index is 0.112. The standard InChI is InChI=1S/C8H10O2S/c1-4-3-6(9)8(11)5(2)7(4)10/h3,9-11H,1-2H3. The third-order valence-electron chi connectivity index (χ3n) is 1.68. The number of phenols is 2. The molecule has 0 saturated heterocycles. The van der Waals surface area contributed by atoms with Gasteiger partial charge in [0.05, 0.1) is 4.90 Å². The van der Waals surface area contributed by atoms with Gasteiger partial charge in [0.25, 0.3) is 0 Å². The number of aromatic hydroxyl groups is 2. The van der Waals surface area contributed by atoms with E-state index in [1.165, 1.54) is 6.07 Å². The first-order valence-electron chi connectivity index (χ1n) is 3.25. The third kappa shape index (κ3) is 1.28. The van der Waals surface area contributed by atoms with E-state index in [2.05, 4.69) is 12.6 Å². The zero-order chi connectivity index (χ0) is 8.59. The quantitative estimate of drug-likeness (QED) is 0.411. The molecule has 1 aromatic rings. The maximum Gasteiger partial charge on any atom is 0.129 e. The Morgan fingerprint density at radius 3 is 2.36 bits per heavy atom. The second-order valence-corrected chi connectivity index (χ2v) is 2.98. The van der Waals surface area contributed by atoms with Gasteiger partial charge in [-0.15, -0.1) is 12.6 Å². The molecule has 0 spiro atoms. The van der Waals surface area contributed by atoms with Crippen LogP contribution in [0.2, 0.25) is 0 Å². The molecular formula is C8H10O2S. The van der Waals surface area contributed by atoms with E-state index in [1.807, 2.05) is 0 Å². The zero-order valence-electron chi connectivity index (χ0n) is 6.42. The first-order valence-corrected chi connectivity index (χ1v) is 3.70. The summed E-state index contributed by atoms with van der Waals surface area (Å²) in [5, 5.41) is 18.6. The highest BCUT2D eigenvalue weighted by atomic mass is 32.1. The Kier molecular flexibility index (Phi) is 2.00. The molecule has 2 N–H and O–H groups in total. The number of hydrogen-bond donors (Lipinski definition) is 3. The normalized spacial score (nSPS) is 10.1.